The smallest absolute Gasteiger partial charge is 0.146 e. The van der Waals surface area contributed by atoms with Crippen molar-refractivity contribution < 1.29 is 4.79 Å². The summed E-state index contributed by atoms with van der Waals surface area (Å²) in [6.07, 6.45) is 1.36. The highest BCUT2D eigenvalue weighted by Gasteiger charge is 1.99. The van der Waals surface area contributed by atoms with Crippen LogP contribution in [0.1, 0.15) is 17.5 Å². The van der Waals surface area contributed by atoms with Crippen molar-refractivity contribution in [2.75, 3.05) is 6.54 Å². The molecule has 1 aromatic rings. The van der Waals surface area contributed by atoms with E-state index in [2.05, 4.69) is 6.07 Å². The SMILES string of the molecule is Cc1cccc(CCC(=O)CN)c1. The van der Waals surface area contributed by atoms with E-state index in [0.717, 1.165) is 6.42 Å². The van der Waals surface area contributed by atoms with Crippen LogP contribution in [0.3, 0.4) is 0 Å². The first-order valence-corrected chi connectivity index (χ1v) is 4.49. The van der Waals surface area contributed by atoms with Gasteiger partial charge in [-0.05, 0) is 18.9 Å². The van der Waals surface area contributed by atoms with Crippen LogP contribution in [-0.4, -0.2) is 12.3 Å². The molecule has 0 saturated heterocycles. The molecule has 0 saturated carbocycles. The quantitative estimate of drug-likeness (QED) is 0.756. The standard InChI is InChI=1S/C11H15NO/c1-9-3-2-4-10(7-9)5-6-11(13)8-12/h2-4,7H,5-6,8,12H2,1H3. The van der Waals surface area contributed by atoms with Gasteiger partial charge in [0, 0.05) is 6.42 Å². The Morgan fingerprint density at radius 2 is 2.23 bits per heavy atom. The lowest BCUT2D eigenvalue weighted by Gasteiger charge is -2.00. The zero-order chi connectivity index (χ0) is 9.68. The van der Waals surface area contributed by atoms with Crippen LogP contribution in [0.4, 0.5) is 0 Å². The molecule has 0 aromatic heterocycles. The molecular weight excluding hydrogens is 162 g/mol. The van der Waals surface area contributed by atoms with E-state index in [1.807, 2.05) is 25.1 Å². The molecule has 0 unspecified atom stereocenters. The van der Waals surface area contributed by atoms with E-state index in [4.69, 9.17) is 5.73 Å². The zero-order valence-electron chi connectivity index (χ0n) is 7.92. The van der Waals surface area contributed by atoms with Gasteiger partial charge in [-0.15, -0.1) is 0 Å². The van der Waals surface area contributed by atoms with Crippen LogP contribution in [0.2, 0.25) is 0 Å². The van der Waals surface area contributed by atoms with Gasteiger partial charge in [-0.3, -0.25) is 4.79 Å². The molecule has 0 heterocycles. The predicted molar refractivity (Wildman–Crippen MR) is 53.6 cm³/mol. The lowest BCUT2D eigenvalue weighted by molar-refractivity contribution is -0.117. The Hall–Kier alpha value is -1.15. The van der Waals surface area contributed by atoms with Crippen molar-refractivity contribution in [3.63, 3.8) is 0 Å². The Bertz CT molecular complexity index is 294. The summed E-state index contributed by atoms with van der Waals surface area (Å²) < 4.78 is 0. The Balaban J connectivity index is 2.50. The third-order valence-corrected chi connectivity index (χ3v) is 2.00. The highest BCUT2D eigenvalue weighted by Crippen LogP contribution is 2.06. The summed E-state index contributed by atoms with van der Waals surface area (Å²) in [6.45, 7) is 2.21. The zero-order valence-corrected chi connectivity index (χ0v) is 7.92. The minimum absolute atomic E-state index is 0.126. The fourth-order valence-electron chi connectivity index (χ4n) is 1.25. The lowest BCUT2D eigenvalue weighted by atomic mass is 10.1. The van der Waals surface area contributed by atoms with Crippen LogP contribution in [0.25, 0.3) is 0 Å². The minimum atomic E-state index is 0.126. The average molecular weight is 177 g/mol. The Morgan fingerprint density at radius 1 is 1.46 bits per heavy atom. The van der Waals surface area contributed by atoms with Gasteiger partial charge in [-0.25, -0.2) is 0 Å². The van der Waals surface area contributed by atoms with Crippen LogP contribution in [0, 0.1) is 6.92 Å². The van der Waals surface area contributed by atoms with Crippen molar-refractivity contribution in [2.45, 2.75) is 19.8 Å². The maximum atomic E-state index is 10.9. The number of Topliss-reactive ketones (excluding diaryl/α,β-unsaturated/α-hetero) is 1. The molecule has 0 atom stereocenters. The van der Waals surface area contributed by atoms with Crippen LogP contribution in [0.5, 0.6) is 0 Å². The molecular formula is C11H15NO. The molecule has 0 amide bonds. The Morgan fingerprint density at radius 3 is 2.85 bits per heavy atom. The molecule has 2 heteroatoms. The van der Waals surface area contributed by atoms with Gasteiger partial charge in [0.2, 0.25) is 0 Å². The Kier molecular flexibility index (Phi) is 3.65. The molecule has 0 aliphatic carbocycles. The number of carbonyl (C=O) groups is 1. The lowest BCUT2D eigenvalue weighted by Crippen LogP contribution is -2.13. The van der Waals surface area contributed by atoms with Gasteiger partial charge in [0.1, 0.15) is 5.78 Å². The third kappa shape index (κ3) is 3.38. The van der Waals surface area contributed by atoms with Gasteiger partial charge in [-0.2, -0.15) is 0 Å². The molecule has 2 N–H and O–H groups in total. The third-order valence-electron chi connectivity index (χ3n) is 2.00. The van der Waals surface area contributed by atoms with Crippen LogP contribution < -0.4 is 5.73 Å². The first-order valence-electron chi connectivity index (χ1n) is 4.49. The normalized spacial score (nSPS) is 10.0. The van der Waals surface area contributed by atoms with Crippen molar-refractivity contribution in [3.8, 4) is 0 Å². The summed E-state index contributed by atoms with van der Waals surface area (Å²) in [5.41, 5.74) is 7.66. The summed E-state index contributed by atoms with van der Waals surface area (Å²) >= 11 is 0. The van der Waals surface area contributed by atoms with Gasteiger partial charge in [0.15, 0.2) is 0 Å². The number of nitrogens with two attached hydrogens (primary N) is 1. The second-order valence-corrected chi connectivity index (χ2v) is 3.23. The van der Waals surface area contributed by atoms with Crippen molar-refractivity contribution in [3.05, 3.63) is 35.4 Å². The second kappa shape index (κ2) is 4.77. The van der Waals surface area contributed by atoms with Crippen molar-refractivity contribution >= 4 is 5.78 Å². The van der Waals surface area contributed by atoms with Gasteiger partial charge < -0.3 is 5.73 Å². The summed E-state index contributed by atoms with van der Waals surface area (Å²) in [7, 11) is 0. The molecule has 0 radical (unpaired) electrons. The molecule has 0 fully saturated rings. The number of benzene rings is 1. The number of carbonyl (C=O) groups excluding carboxylic acids is 1. The number of ketones is 1. The average Bonchev–Trinajstić information content (AvgIpc) is 2.14. The van der Waals surface area contributed by atoms with E-state index in [0.29, 0.717) is 6.42 Å². The van der Waals surface area contributed by atoms with Gasteiger partial charge in [0.05, 0.1) is 6.54 Å². The second-order valence-electron chi connectivity index (χ2n) is 3.23. The molecule has 70 valence electrons. The van der Waals surface area contributed by atoms with Gasteiger partial charge in [0.25, 0.3) is 0 Å². The van der Waals surface area contributed by atoms with Gasteiger partial charge >= 0.3 is 0 Å². The van der Waals surface area contributed by atoms with E-state index in [1.54, 1.807) is 0 Å². The monoisotopic (exact) mass is 177 g/mol. The van der Waals surface area contributed by atoms with Crippen molar-refractivity contribution in [2.24, 2.45) is 5.73 Å². The first-order chi connectivity index (χ1) is 6.22. The first kappa shape index (κ1) is 9.93. The van der Waals surface area contributed by atoms with Crippen molar-refractivity contribution in [1.29, 1.82) is 0 Å². The Labute approximate surface area is 78.8 Å². The van der Waals surface area contributed by atoms with E-state index in [1.165, 1.54) is 11.1 Å². The summed E-state index contributed by atoms with van der Waals surface area (Å²) in [5, 5.41) is 0. The molecule has 2 nitrogen and oxygen atoms in total. The maximum Gasteiger partial charge on any atom is 0.146 e. The van der Waals surface area contributed by atoms with Crippen molar-refractivity contribution in [1.82, 2.24) is 0 Å². The summed E-state index contributed by atoms with van der Waals surface area (Å²) in [4.78, 5) is 10.9. The highest BCUT2D eigenvalue weighted by molar-refractivity contribution is 5.80. The number of aryl methyl sites for hydroxylation is 2. The fourth-order valence-corrected chi connectivity index (χ4v) is 1.25. The summed E-state index contributed by atoms with van der Waals surface area (Å²) in [5.74, 6) is 0.126. The minimum Gasteiger partial charge on any atom is -0.324 e. The molecule has 0 aliphatic heterocycles. The molecule has 0 bridgehead atoms. The van der Waals surface area contributed by atoms with Crippen LogP contribution in [0.15, 0.2) is 24.3 Å². The topological polar surface area (TPSA) is 43.1 Å². The van der Waals surface area contributed by atoms with E-state index >= 15 is 0 Å². The van der Waals surface area contributed by atoms with E-state index < -0.39 is 0 Å². The fraction of sp³-hybridized carbons (Fsp3) is 0.364. The van der Waals surface area contributed by atoms with Crippen LogP contribution >= 0.6 is 0 Å². The summed E-state index contributed by atoms with van der Waals surface area (Å²) in [6, 6.07) is 8.20. The molecule has 13 heavy (non-hydrogen) atoms. The largest absolute Gasteiger partial charge is 0.324 e. The molecule has 1 rings (SSSR count). The van der Waals surface area contributed by atoms with E-state index in [9.17, 15) is 4.79 Å². The van der Waals surface area contributed by atoms with E-state index in [-0.39, 0.29) is 12.3 Å². The predicted octanol–water partition coefficient (Wildman–Crippen LogP) is 1.46. The number of hydrogen-bond acceptors (Lipinski definition) is 2. The number of rotatable bonds is 4. The van der Waals surface area contributed by atoms with Crippen LogP contribution in [-0.2, 0) is 11.2 Å². The highest BCUT2D eigenvalue weighted by atomic mass is 16.1. The number of hydrogen-bond donors (Lipinski definition) is 1. The molecule has 1 aromatic carbocycles. The molecule has 0 spiro atoms. The van der Waals surface area contributed by atoms with Gasteiger partial charge in [-0.1, -0.05) is 29.8 Å². The maximum absolute atomic E-state index is 10.9. The molecule has 0 aliphatic rings.